The van der Waals surface area contributed by atoms with Crippen LogP contribution < -0.4 is 5.32 Å². The fourth-order valence-corrected chi connectivity index (χ4v) is 3.18. The fourth-order valence-electron chi connectivity index (χ4n) is 3.18. The number of nitrogens with zero attached hydrogens (tertiary/aromatic N) is 1. The molecular weight excluding hydrogens is 198 g/mol. The summed E-state index contributed by atoms with van der Waals surface area (Å²) in [5.41, 5.74) is 2.63. The van der Waals surface area contributed by atoms with Crippen LogP contribution in [-0.2, 0) is 0 Å². The van der Waals surface area contributed by atoms with Crippen LogP contribution in [0.2, 0.25) is 0 Å². The molecule has 1 aliphatic carbocycles. The van der Waals surface area contributed by atoms with Crippen molar-refractivity contribution in [1.29, 1.82) is 0 Å². The number of hydrogen-bond donors (Lipinski definition) is 2. The Kier molecular flexibility index (Phi) is 2.72. The molecule has 3 nitrogen and oxygen atoms in total. The quantitative estimate of drug-likeness (QED) is 0.802. The predicted octanol–water partition coefficient (Wildman–Crippen LogP) is 2.45. The Balaban J connectivity index is 1.83. The molecule has 3 rings (SSSR count). The van der Waals surface area contributed by atoms with Gasteiger partial charge in [-0.05, 0) is 32.7 Å². The van der Waals surface area contributed by atoms with E-state index in [-0.39, 0.29) is 0 Å². The van der Waals surface area contributed by atoms with Gasteiger partial charge in [0.2, 0.25) is 0 Å². The summed E-state index contributed by atoms with van der Waals surface area (Å²) < 4.78 is 0. The molecular formula is C13H21N3. The van der Waals surface area contributed by atoms with E-state index in [4.69, 9.17) is 4.98 Å². The average molecular weight is 219 g/mol. The van der Waals surface area contributed by atoms with Crippen LogP contribution in [0.15, 0.2) is 0 Å². The molecule has 0 amide bonds. The Labute approximate surface area is 97.0 Å². The van der Waals surface area contributed by atoms with E-state index in [2.05, 4.69) is 17.2 Å². The number of H-pyrrole nitrogens is 1. The summed E-state index contributed by atoms with van der Waals surface area (Å²) in [5.74, 6) is 2.62. The van der Waals surface area contributed by atoms with Gasteiger partial charge in [0.25, 0.3) is 0 Å². The molecule has 1 saturated heterocycles. The molecule has 88 valence electrons. The lowest BCUT2D eigenvalue weighted by atomic mass is 10.0. The lowest BCUT2D eigenvalue weighted by molar-refractivity contribution is 0.667. The lowest BCUT2D eigenvalue weighted by Crippen LogP contribution is -2.08. The SMILES string of the molecule is Cc1[nH]c(C2CCCC2)nc1C1CCNC1. The molecule has 1 aromatic rings. The molecule has 0 radical (unpaired) electrons. The molecule has 1 unspecified atom stereocenters. The number of aryl methyl sites for hydroxylation is 1. The Morgan fingerprint density at radius 2 is 1.94 bits per heavy atom. The van der Waals surface area contributed by atoms with Crippen LogP contribution in [0, 0.1) is 6.92 Å². The predicted molar refractivity (Wildman–Crippen MR) is 64.8 cm³/mol. The van der Waals surface area contributed by atoms with Crippen LogP contribution in [0.25, 0.3) is 0 Å². The lowest BCUT2D eigenvalue weighted by Gasteiger charge is -2.05. The van der Waals surface area contributed by atoms with Crippen LogP contribution in [-0.4, -0.2) is 23.1 Å². The van der Waals surface area contributed by atoms with Crippen molar-refractivity contribution in [3.63, 3.8) is 0 Å². The van der Waals surface area contributed by atoms with Crippen molar-refractivity contribution in [2.75, 3.05) is 13.1 Å². The molecule has 1 saturated carbocycles. The topological polar surface area (TPSA) is 40.7 Å². The van der Waals surface area contributed by atoms with Gasteiger partial charge in [-0.25, -0.2) is 4.98 Å². The van der Waals surface area contributed by atoms with Crippen LogP contribution in [0.3, 0.4) is 0 Å². The molecule has 1 atom stereocenters. The molecule has 2 fully saturated rings. The van der Waals surface area contributed by atoms with Crippen molar-refractivity contribution >= 4 is 0 Å². The van der Waals surface area contributed by atoms with Crippen molar-refractivity contribution in [3.05, 3.63) is 17.2 Å². The second-order valence-electron chi connectivity index (χ2n) is 5.30. The summed E-state index contributed by atoms with van der Waals surface area (Å²) in [7, 11) is 0. The van der Waals surface area contributed by atoms with Gasteiger partial charge < -0.3 is 10.3 Å². The molecule has 0 aromatic carbocycles. The maximum atomic E-state index is 4.88. The maximum absolute atomic E-state index is 4.88. The zero-order chi connectivity index (χ0) is 11.0. The Bertz CT molecular complexity index is 357. The van der Waals surface area contributed by atoms with Crippen molar-refractivity contribution in [1.82, 2.24) is 15.3 Å². The van der Waals surface area contributed by atoms with Gasteiger partial charge in [-0.3, -0.25) is 0 Å². The second kappa shape index (κ2) is 4.21. The van der Waals surface area contributed by atoms with Crippen molar-refractivity contribution in [3.8, 4) is 0 Å². The first kappa shape index (κ1) is 10.3. The maximum Gasteiger partial charge on any atom is 0.109 e. The summed E-state index contributed by atoms with van der Waals surface area (Å²) in [6.07, 6.45) is 6.66. The second-order valence-corrected chi connectivity index (χ2v) is 5.30. The number of aromatic amines is 1. The highest BCUT2D eigenvalue weighted by atomic mass is 15.0. The Morgan fingerprint density at radius 1 is 1.12 bits per heavy atom. The minimum absolute atomic E-state index is 0.645. The van der Waals surface area contributed by atoms with Gasteiger partial charge in [0.1, 0.15) is 5.82 Å². The Hall–Kier alpha value is -0.830. The molecule has 1 aromatic heterocycles. The number of aromatic nitrogens is 2. The molecule has 2 heterocycles. The highest BCUT2D eigenvalue weighted by Crippen LogP contribution is 2.34. The number of imidazole rings is 1. The third-order valence-electron chi connectivity index (χ3n) is 4.13. The summed E-state index contributed by atoms with van der Waals surface area (Å²) >= 11 is 0. The van der Waals surface area contributed by atoms with E-state index in [1.807, 2.05) is 0 Å². The molecule has 0 bridgehead atoms. The first-order valence-electron chi connectivity index (χ1n) is 6.61. The average Bonchev–Trinajstić information content (AvgIpc) is 2.97. The number of nitrogens with one attached hydrogen (secondary N) is 2. The van der Waals surface area contributed by atoms with Crippen molar-refractivity contribution in [2.24, 2.45) is 0 Å². The van der Waals surface area contributed by atoms with E-state index >= 15 is 0 Å². The van der Waals surface area contributed by atoms with Crippen molar-refractivity contribution in [2.45, 2.75) is 50.9 Å². The van der Waals surface area contributed by atoms with E-state index in [1.165, 1.54) is 49.3 Å². The summed E-state index contributed by atoms with van der Waals surface area (Å²) in [4.78, 5) is 8.40. The third-order valence-corrected chi connectivity index (χ3v) is 4.13. The molecule has 16 heavy (non-hydrogen) atoms. The smallest absolute Gasteiger partial charge is 0.109 e. The van der Waals surface area contributed by atoms with Gasteiger partial charge >= 0.3 is 0 Å². The first-order valence-corrected chi connectivity index (χ1v) is 6.61. The van der Waals surface area contributed by atoms with Gasteiger partial charge in [0.05, 0.1) is 5.69 Å². The largest absolute Gasteiger partial charge is 0.346 e. The van der Waals surface area contributed by atoms with Crippen molar-refractivity contribution < 1.29 is 0 Å². The summed E-state index contributed by atoms with van der Waals surface area (Å²) in [6.45, 7) is 4.44. The van der Waals surface area contributed by atoms with Gasteiger partial charge in [0, 0.05) is 24.1 Å². The van der Waals surface area contributed by atoms with Gasteiger partial charge in [-0.1, -0.05) is 12.8 Å². The molecule has 2 N–H and O–H groups in total. The van der Waals surface area contributed by atoms with Gasteiger partial charge in [0.15, 0.2) is 0 Å². The first-order chi connectivity index (χ1) is 7.84. The highest BCUT2D eigenvalue weighted by molar-refractivity contribution is 5.21. The summed E-state index contributed by atoms with van der Waals surface area (Å²) in [5, 5.41) is 3.42. The van der Waals surface area contributed by atoms with Crippen LogP contribution in [0.5, 0.6) is 0 Å². The van der Waals surface area contributed by atoms with E-state index in [0.717, 1.165) is 13.1 Å². The van der Waals surface area contributed by atoms with E-state index < -0.39 is 0 Å². The summed E-state index contributed by atoms with van der Waals surface area (Å²) in [6, 6.07) is 0. The van der Waals surface area contributed by atoms with Crippen LogP contribution >= 0.6 is 0 Å². The molecule has 1 aliphatic heterocycles. The standard InChI is InChI=1S/C13H21N3/c1-9-12(11-6-7-14-8-11)16-13(15-9)10-4-2-3-5-10/h10-11,14H,2-8H2,1H3,(H,15,16). The Morgan fingerprint density at radius 3 is 2.62 bits per heavy atom. The van der Waals surface area contributed by atoms with E-state index in [9.17, 15) is 0 Å². The zero-order valence-electron chi connectivity index (χ0n) is 10.1. The van der Waals surface area contributed by atoms with Crippen LogP contribution in [0.1, 0.15) is 61.2 Å². The molecule has 3 heteroatoms. The van der Waals surface area contributed by atoms with E-state index in [0.29, 0.717) is 11.8 Å². The minimum Gasteiger partial charge on any atom is -0.346 e. The highest BCUT2D eigenvalue weighted by Gasteiger charge is 2.25. The van der Waals surface area contributed by atoms with Crippen LogP contribution in [0.4, 0.5) is 0 Å². The zero-order valence-corrected chi connectivity index (χ0v) is 10.1. The number of rotatable bonds is 2. The molecule has 0 spiro atoms. The number of hydrogen-bond acceptors (Lipinski definition) is 2. The fraction of sp³-hybridized carbons (Fsp3) is 0.769. The van der Waals surface area contributed by atoms with E-state index in [1.54, 1.807) is 0 Å². The monoisotopic (exact) mass is 219 g/mol. The van der Waals surface area contributed by atoms with Gasteiger partial charge in [-0.15, -0.1) is 0 Å². The molecule has 2 aliphatic rings. The normalized spacial score (nSPS) is 26.7. The third kappa shape index (κ3) is 1.77. The van der Waals surface area contributed by atoms with Gasteiger partial charge in [-0.2, -0.15) is 0 Å². The minimum atomic E-state index is 0.645.